The van der Waals surface area contributed by atoms with E-state index in [1.165, 1.54) is 23.1 Å². The van der Waals surface area contributed by atoms with Crippen molar-refractivity contribution in [3.05, 3.63) is 62.5 Å². The SMILES string of the molecule is Cc1sc2nc(CSC(C)C(=O)NC(CC(C)C)c3ccccc3)[nH]c(=O)c2c1C. The molecule has 0 radical (unpaired) electrons. The topological polar surface area (TPSA) is 74.8 Å². The van der Waals surface area contributed by atoms with E-state index in [-0.39, 0.29) is 22.8 Å². The molecule has 0 aliphatic heterocycles. The number of aryl methyl sites for hydroxylation is 2. The Morgan fingerprint density at radius 1 is 1.20 bits per heavy atom. The van der Waals surface area contributed by atoms with Crippen LogP contribution in [-0.4, -0.2) is 21.1 Å². The number of nitrogens with zero attached hydrogens (tertiary/aromatic N) is 1. The molecule has 3 aromatic rings. The Morgan fingerprint density at radius 3 is 2.57 bits per heavy atom. The number of fused-ring (bicyclic) bond motifs is 1. The molecule has 1 amide bonds. The Morgan fingerprint density at radius 2 is 1.90 bits per heavy atom. The fourth-order valence-electron chi connectivity index (χ4n) is 3.37. The number of aromatic nitrogens is 2. The van der Waals surface area contributed by atoms with Gasteiger partial charge in [0, 0.05) is 4.88 Å². The van der Waals surface area contributed by atoms with Crippen molar-refractivity contribution in [1.82, 2.24) is 15.3 Å². The van der Waals surface area contributed by atoms with Crippen molar-refractivity contribution in [3.63, 3.8) is 0 Å². The molecule has 2 heterocycles. The molecule has 0 saturated carbocycles. The Bertz CT molecular complexity index is 1070. The van der Waals surface area contributed by atoms with Gasteiger partial charge in [0.05, 0.1) is 22.4 Å². The Labute approximate surface area is 185 Å². The van der Waals surface area contributed by atoms with Gasteiger partial charge < -0.3 is 10.3 Å². The second-order valence-electron chi connectivity index (χ2n) is 8.03. The zero-order chi connectivity index (χ0) is 21.8. The van der Waals surface area contributed by atoms with Gasteiger partial charge in [0.1, 0.15) is 10.7 Å². The highest BCUT2D eigenvalue weighted by Gasteiger charge is 2.21. The monoisotopic (exact) mass is 443 g/mol. The van der Waals surface area contributed by atoms with Gasteiger partial charge in [0.25, 0.3) is 5.56 Å². The third kappa shape index (κ3) is 5.32. The minimum atomic E-state index is -0.254. The lowest BCUT2D eigenvalue weighted by Gasteiger charge is -2.23. The van der Waals surface area contributed by atoms with Gasteiger partial charge in [-0.2, -0.15) is 0 Å². The van der Waals surface area contributed by atoms with Gasteiger partial charge in [-0.25, -0.2) is 4.98 Å². The number of thioether (sulfide) groups is 1. The molecule has 2 N–H and O–H groups in total. The molecule has 2 unspecified atom stereocenters. The molecule has 30 heavy (non-hydrogen) atoms. The van der Waals surface area contributed by atoms with Gasteiger partial charge in [-0.3, -0.25) is 9.59 Å². The van der Waals surface area contributed by atoms with E-state index < -0.39 is 0 Å². The number of H-pyrrole nitrogens is 1. The first-order chi connectivity index (χ1) is 14.3. The van der Waals surface area contributed by atoms with Gasteiger partial charge in [0.15, 0.2) is 0 Å². The van der Waals surface area contributed by atoms with Crippen LogP contribution in [0.5, 0.6) is 0 Å². The summed E-state index contributed by atoms with van der Waals surface area (Å²) in [6, 6.07) is 10.1. The molecule has 160 valence electrons. The molecule has 0 aliphatic rings. The number of rotatable bonds is 8. The second-order valence-corrected chi connectivity index (χ2v) is 10.6. The maximum Gasteiger partial charge on any atom is 0.259 e. The van der Waals surface area contributed by atoms with Crippen LogP contribution in [-0.2, 0) is 10.5 Å². The van der Waals surface area contributed by atoms with E-state index >= 15 is 0 Å². The van der Waals surface area contributed by atoms with Gasteiger partial charge in [-0.05, 0) is 44.2 Å². The largest absolute Gasteiger partial charge is 0.348 e. The van der Waals surface area contributed by atoms with Crippen molar-refractivity contribution in [2.75, 3.05) is 0 Å². The van der Waals surface area contributed by atoms with E-state index in [4.69, 9.17) is 0 Å². The molecular formula is C23H29N3O2S2. The fraction of sp³-hybridized carbons (Fsp3) is 0.435. The predicted octanol–water partition coefficient (Wildman–Crippen LogP) is 5.13. The highest BCUT2D eigenvalue weighted by molar-refractivity contribution is 7.99. The standard InChI is InChI=1S/C23H29N3O2S2/c1-13(2)11-18(17-9-7-6-8-10-17)24-21(27)16(5)29-12-19-25-22(28)20-14(3)15(4)30-23(20)26-19/h6-10,13,16,18H,11-12H2,1-5H3,(H,24,27)(H,25,26,28). The van der Waals surface area contributed by atoms with Crippen molar-refractivity contribution in [1.29, 1.82) is 0 Å². The zero-order valence-corrected chi connectivity index (χ0v) is 19.7. The van der Waals surface area contributed by atoms with E-state index in [0.29, 0.717) is 22.9 Å². The summed E-state index contributed by atoms with van der Waals surface area (Å²) in [5, 5.41) is 3.63. The highest BCUT2D eigenvalue weighted by Crippen LogP contribution is 2.27. The lowest BCUT2D eigenvalue weighted by Crippen LogP contribution is -2.35. The molecule has 0 bridgehead atoms. The van der Waals surface area contributed by atoms with E-state index in [1.807, 2.05) is 39.0 Å². The Kier molecular flexibility index (Phi) is 7.36. The quantitative estimate of drug-likeness (QED) is 0.506. The average molecular weight is 444 g/mol. The normalized spacial score (nSPS) is 13.5. The average Bonchev–Trinajstić information content (AvgIpc) is 2.99. The van der Waals surface area contributed by atoms with Gasteiger partial charge in [-0.1, -0.05) is 44.2 Å². The Hall–Kier alpha value is -2.12. The molecule has 2 aromatic heterocycles. The minimum Gasteiger partial charge on any atom is -0.348 e. The number of nitrogens with one attached hydrogen (secondary N) is 2. The third-order valence-corrected chi connectivity index (χ3v) is 7.41. The summed E-state index contributed by atoms with van der Waals surface area (Å²) in [6.07, 6.45) is 0.885. The first-order valence-corrected chi connectivity index (χ1v) is 12.1. The van der Waals surface area contributed by atoms with E-state index in [9.17, 15) is 9.59 Å². The summed E-state index contributed by atoms with van der Waals surface area (Å²) in [5.41, 5.74) is 2.01. The molecule has 0 spiro atoms. The number of thiophene rings is 1. The van der Waals surface area contributed by atoms with Crippen LogP contribution in [0.3, 0.4) is 0 Å². The summed E-state index contributed by atoms with van der Waals surface area (Å²) < 4.78 is 0. The maximum absolute atomic E-state index is 12.8. The third-order valence-electron chi connectivity index (χ3n) is 5.15. The van der Waals surface area contributed by atoms with Crippen LogP contribution < -0.4 is 10.9 Å². The van der Waals surface area contributed by atoms with Crippen molar-refractivity contribution >= 4 is 39.2 Å². The van der Waals surface area contributed by atoms with Gasteiger partial charge in [0.2, 0.25) is 5.91 Å². The summed E-state index contributed by atoms with van der Waals surface area (Å²) in [5.74, 6) is 1.56. The molecule has 2 atom stereocenters. The van der Waals surface area contributed by atoms with Gasteiger partial charge >= 0.3 is 0 Å². The lowest BCUT2D eigenvalue weighted by atomic mass is 9.97. The van der Waals surface area contributed by atoms with Crippen LogP contribution in [0.4, 0.5) is 0 Å². The number of benzene rings is 1. The summed E-state index contributed by atoms with van der Waals surface area (Å²) in [7, 11) is 0. The van der Waals surface area contributed by atoms with Crippen molar-refractivity contribution in [2.24, 2.45) is 5.92 Å². The molecular weight excluding hydrogens is 414 g/mol. The molecule has 0 fully saturated rings. The Balaban J connectivity index is 1.66. The number of carbonyl (C=O) groups excluding carboxylic acids is 1. The first kappa shape index (κ1) is 22.6. The fourth-order valence-corrected chi connectivity index (χ4v) is 5.18. The second kappa shape index (κ2) is 9.79. The van der Waals surface area contributed by atoms with Crippen LogP contribution in [0, 0.1) is 19.8 Å². The molecule has 5 nitrogen and oxygen atoms in total. The van der Waals surface area contributed by atoms with Crippen molar-refractivity contribution in [2.45, 2.75) is 58.1 Å². The molecule has 1 aromatic carbocycles. The van der Waals surface area contributed by atoms with E-state index in [0.717, 1.165) is 27.3 Å². The highest BCUT2D eigenvalue weighted by atomic mass is 32.2. The molecule has 0 saturated heterocycles. The van der Waals surface area contributed by atoms with Crippen LogP contribution in [0.25, 0.3) is 10.2 Å². The number of carbonyl (C=O) groups is 1. The van der Waals surface area contributed by atoms with Crippen LogP contribution in [0.1, 0.15) is 55.1 Å². The smallest absolute Gasteiger partial charge is 0.259 e. The zero-order valence-electron chi connectivity index (χ0n) is 18.1. The molecule has 0 aliphatic carbocycles. The summed E-state index contributed by atoms with van der Waals surface area (Å²) in [4.78, 5) is 34.6. The lowest BCUT2D eigenvalue weighted by molar-refractivity contribution is -0.121. The van der Waals surface area contributed by atoms with Crippen molar-refractivity contribution < 1.29 is 4.79 Å². The summed E-state index contributed by atoms with van der Waals surface area (Å²) >= 11 is 3.02. The molecule has 3 rings (SSSR count). The number of hydrogen-bond acceptors (Lipinski definition) is 5. The number of amides is 1. The molecule has 7 heteroatoms. The predicted molar refractivity (Wildman–Crippen MR) is 127 cm³/mol. The number of aromatic amines is 1. The number of hydrogen-bond donors (Lipinski definition) is 2. The van der Waals surface area contributed by atoms with Crippen LogP contribution in [0.2, 0.25) is 0 Å². The van der Waals surface area contributed by atoms with Crippen molar-refractivity contribution in [3.8, 4) is 0 Å². The summed E-state index contributed by atoms with van der Waals surface area (Å²) in [6.45, 7) is 10.2. The van der Waals surface area contributed by atoms with E-state index in [1.54, 1.807) is 0 Å². The van der Waals surface area contributed by atoms with Crippen LogP contribution >= 0.6 is 23.1 Å². The maximum atomic E-state index is 12.8. The first-order valence-electron chi connectivity index (χ1n) is 10.2. The van der Waals surface area contributed by atoms with E-state index in [2.05, 4.69) is 41.3 Å². The minimum absolute atomic E-state index is 0.000686. The van der Waals surface area contributed by atoms with Gasteiger partial charge in [-0.15, -0.1) is 23.1 Å². The van der Waals surface area contributed by atoms with Crippen LogP contribution in [0.15, 0.2) is 35.1 Å².